The molecule has 0 unspecified atom stereocenters. The van der Waals surface area contributed by atoms with E-state index in [0.29, 0.717) is 21.5 Å². The number of benzene rings is 3. The Bertz CT molecular complexity index is 900. The van der Waals surface area contributed by atoms with Gasteiger partial charge in [0.05, 0.1) is 9.40 Å². The van der Waals surface area contributed by atoms with Crippen molar-refractivity contribution >= 4 is 21.6 Å². The van der Waals surface area contributed by atoms with Crippen molar-refractivity contribution in [1.82, 2.24) is 0 Å². The van der Waals surface area contributed by atoms with E-state index in [2.05, 4.69) is 15.9 Å². The molecule has 0 fully saturated rings. The highest BCUT2D eigenvalue weighted by molar-refractivity contribution is 9.10. The molecule has 6 heteroatoms. The van der Waals surface area contributed by atoms with Crippen LogP contribution in [0.5, 0.6) is 11.5 Å². The summed E-state index contributed by atoms with van der Waals surface area (Å²) in [7, 11) is 0. The van der Waals surface area contributed by atoms with Crippen molar-refractivity contribution in [2.45, 2.75) is 0 Å². The SMILES string of the molecule is O=[N+]([O-])c1ccc(Oc2ccc(-c3ccccc3)c(F)c2)c(Br)c1. The summed E-state index contributed by atoms with van der Waals surface area (Å²) in [5, 5.41) is 10.7. The zero-order valence-corrected chi connectivity index (χ0v) is 13.9. The van der Waals surface area contributed by atoms with E-state index in [4.69, 9.17) is 4.74 Å². The Morgan fingerprint density at radius 2 is 1.75 bits per heavy atom. The number of halogens is 2. The van der Waals surface area contributed by atoms with Crippen LogP contribution in [0.1, 0.15) is 0 Å². The van der Waals surface area contributed by atoms with Gasteiger partial charge in [-0.1, -0.05) is 30.3 Å². The lowest BCUT2D eigenvalue weighted by Gasteiger charge is -2.10. The molecule has 0 heterocycles. The fourth-order valence-electron chi connectivity index (χ4n) is 2.22. The molecule has 0 N–H and O–H groups in total. The Balaban J connectivity index is 1.87. The van der Waals surface area contributed by atoms with Gasteiger partial charge >= 0.3 is 0 Å². The molecular formula is C18H11BrFNO3. The maximum Gasteiger partial charge on any atom is 0.270 e. The Kier molecular flexibility index (Phi) is 4.57. The summed E-state index contributed by atoms with van der Waals surface area (Å²) in [5.41, 5.74) is 1.20. The molecule has 24 heavy (non-hydrogen) atoms. The topological polar surface area (TPSA) is 52.4 Å². The first-order valence-electron chi connectivity index (χ1n) is 7.01. The molecule has 0 amide bonds. The van der Waals surface area contributed by atoms with E-state index in [1.54, 1.807) is 12.1 Å². The Labute approximate surface area is 145 Å². The van der Waals surface area contributed by atoms with E-state index in [-0.39, 0.29) is 5.69 Å². The van der Waals surface area contributed by atoms with Crippen LogP contribution in [-0.4, -0.2) is 4.92 Å². The molecule has 0 aliphatic heterocycles. The second-order valence-corrected chi connectivity index (χ2v) is 5.84. The van der Waals surface area contributed by atoms with Crippen molar-refractivity contribution in [3.8, 4) is 22.6 Å². The lowest BCUT2D eigenvalue weighted by atomic mass is 10.1. The molecule has 0 aromatic heterocycles. The van der Waals surface area contributed by atoms with E-state index < -0.39 is 10.7 Å². The zero-order chi connectivity index (χ0) is 17.1. The van der Waals surface area contributed by atoms with Crippen LogP contribution in [0.25, 0.3) is 11.1 Å². The average Bonchev–Trinajstić information content (AvgIpc) is 2.57. The summed E-state index contributed by atoms with van der Waals surface area (Å²) < 4.78 is 20.4. The van der Waals surface area contributed by atoms with Gasteiger partial charge in [0, 0.05) is 23.8 Å². The van der Waals surface area contributed by atoms with E-state index in [9.17, 15) is 14.5 Å². The third kappa shape index (κ3) is 3.44. The quantitative estimate of drug-likeness (QED) is 0.410. The summed E-state index contributed by atoms with van der Waals surface area (Å²) in [6, 6.07) is 17.9. The van der Waals surface area contributed by atoms with E-state index in [0.717, 1.165) is 5.56 Å². The highest BCUT2D eigenvalue weighted by Crippen LogP contribution is 2.34. The second-order valence-electron chi connectivity index (χ2n) is 4.98. The van der Waals surface area contributed by atoms with Crippen molar-refractivity contribution in [1.29, 1.82) is 0 Å². The molecule has 0 atom stereocenters. The molecule has 0 aliphatic rings. The van der Waals surface area contributed by atoms with Crippen LogP contribution in [0, 0.1) is 15.9 Å². The van der Waals surface area contributed by atoms with Gasteiger partial charge in [0.25, 0.3) is 5.69 Å². The van der Waals surface area contributed by atoms with Gasteiger partial charge in [-0.15, -0.1) is 0 Å². The fraction of sp³-hybridized carbons (Fsp3) is 0. The molecule has 3 rings (SSSR count). The van der Waals surface area contributed by atoms with Crippen molar-refractivity contribution in [2.75, 3.05) is 0 Å². The number of rotatable bonds is 4. The normalized spacial score (nSPS) is 10.4. The van der Waals surface area contributed by atoms with Crippen LogP contribution in [0.15, 0.2) is 71.2 Å². The van der Waals surface area contributed by atoms with Gasteiger partial charge in [-0.3, -0.25) is 10.1 Å². The van der Waals surface area contributed by atoms with Gasteiger partial charge in [0.15, 0.2) is 0 Å². The maximum atomic E-state index is 14.3. The number of non-ortho nitro benzene ring substituents is 1. The number of hydrogen-bond acceptors (Lipinski definition) is 3. The minimum Gasteiger partial charge on any atom is -0.456 e. The molecular weight excluding hydrogens is 377 g/mol. The highest BCUT2D eigenvalue weighted by atomic mass is 79.9. The monoisotopic (exact) mass is 387 g/mol. The smallest absolute Gasteiger partial charge is 0.270 e. The van der Waals surface area contributed by atoms with E-state index in [1.165, 1.54) is 24.3 Å². The molecule has 3 aromatic carbocycles. The van der Waals surface area contributed by atoms with Gasteiger partial charge in [-0.05, 0) is 39.7 Å². The Morgan fingerprint density at radius 1 is 1.00 bits per heavy atom. The molecule has 3 aromatic rings. The summed E-state index contributed by atoms with van der Waals surface area (Å²) >= 11 is 3.22. The average molecular weight is 388 g/mol. The molecule has 4 nitrogen and oxygen atoms in total. The first kappa shape index (κ1) is 16.1. The van der Waals surface area contributed by atoms with Crippen LogP contribution >= 0.6 is 15.9 Å². The minimum atomic E-state index is -0.497. The number of ether oxygens (including phenoxy) is 1. The first-order valence-corrected chi connectivity index (χ1v) is 7.80. The molecule has 0 spiro atoms. The van der Waals surface area contributed by atoms with Crippen molar-refractivity contribution in [2.24, 2.45) is 0 Å². The van der Waals surface area contributed by atoms with Crippen LogP contribution in [-0.2, 0) is 0 Å². The van der Waals surface area contributed by atoms with Crippen LogP contribution in [0.2, 0.25) is 0 Å². The van der Waals surface area contributed by atoms with Crippen molar-refractivity contribution < 1.29 is 14.1 Å². The summed E-state index contributed by atoms with van der Waals surface area (Å²) in [6.45, 7) is 0. The van der Waals surface area contributed by atoms with Gasteiger partial charge in [0.2, 0.25) is 0 Å². The Hall–Kier alpha value is -2.73. The Morgan fingerprint density at radius 3 is 2.38 bits per heavy atom. The predicted octanol–water partition coefficient (Wildman–Crippen LogP) is 5.96. The van der Waals surface area contributed by atoms with Crippen LogP contribution in [0.3, 0.4) is 0 Å². The fourth-order valence-corrected chi connectivity index (χ4v) is 2.67. The molecule has 0 saturated carbocycles. The number of nitrogens with zero attached hydrogens (tertiary/aromatic N) is 1. The number of nitro groups is 1. The van der Waals surface area contributed by atoms with Gasteiger partial charge in [-0.2, -0.15) is 0 Å². The van der Waals surface area contributed by atoms with Crippen LogP contribution in [0.4, 0.5) is 10.1 Å². The van der Waals surface area contributed by atoms with Gasteiger partial charge in [-0.25, -0.2) is 4.39 Å². The molecule has 0 bridgehead atoms. The summed E-state index contributed by atoms with van der Waals surface area (Å²) in [6.07, 6.45) is 0. The summed E-state index contributed by atoms with van der Waals surface area (Å²) in [5.74, 6) is 0.269. The van der Waals surface area contributed by atoms with E-state index in [1.807, 2.05) is 30.3 Å². The standard InChI is InChI=1S/C18H11BrFNO3/c19-16-10-13(21(22)23)6-9-18(16)24-14-7-8-15(17(20)11-14)12-4-2-1-3-5-12/h1-11H. The summed E-state index contributed by atoms with van der Waals surface area (Å²) in [4.78, 5) is 10.2. The van der Waals surface area contributed by atoms with Gasteiger partial charge < -0.3 is 4.74 Å². The maximum absolute atomic E-state index is 14.3. The minimum absolute atomic E-state index is 0.0557. The first-order chi connectivity index (χ1) is 11.5. The van der Waals surface area contributed by atoms with Crippen molar-refractivity contribution in [3.05, 3.63) is 87.1 Å². The third-order valence-electron chi connectivity index (χ3n) is 3.38. The second kappa shape index (κ2) is 6.80. The predicted molar refractivity (Wildman–Crippen MR) is 92.7 cm³/mol. The van der Waals surface area contributed by atoms with E-state index >= 15 is 0 Å². The molecule has 0 aliphatic carbocycles. The zero-order valence-electron chi connectivity index (χ0n) is 12.3. The molecule has 0 saturated heterocycles. The van der Waals surface area contributed by atoms with Crippen molar-refractivity contribution in [3.63, 3.8) is 0 Å². The number of hydrogen-bond donors (Lipinski definition) is 0. The van der Waals surface area contributed by atoms with Crippen LogP contribution < -0.4 is 4.74 Å². The molecule has 120 valence electrons. The molecule has 0 radical (unpaired) electrons. The highest BCUT2D eigenvalue weighted by Gasteiger charge is 2.12. The lowest BCUT2D eigenvalue weighted by Crippen LogP contribution is -1.91. The lowest BCUT2D eigenvalue weighted by molar-refractivity contribution is -0.384. The largest absolute Gasteiger partial charge is 0.456 e. The van der Waals surface area contributed by atoms with Gasteiger partial charge in [0.1, 0.15) is 17.3 Å². The number of nitro benzene ring substituents is 1. The third-order valence-corrected chi connectivity index (χ3v) is 4.00.